The monoisotopic (exact) mass is 394 g/mol. The maximum Gasteiger partial charge on any atom is 0.243 e. The summed E-state index contributed by atoms with van der Waals surface area (Å²) in [5.74, 6) is -0.379. The number of aromatic nitrogens is 2. The summed E-state index contributed by atoms with van der Waals surface area (Å²) in [6.07, 6.45) is 1.86. The summed E-state index contributed by atoms with van der Waals surface area (Å²) in [6, 6.07) is 11.5. The second kappa shape index (κ2) is 8.75. The van der Waals surface area contributed by atoms with Gasteiger partial charge in [0.1, 0.15) is 5.01 Å². The van der Waals surface area contributed by atoms with Crippen molar-refractivity contribution in [1.29, 1.82) is 0 Å². The molecule has 0 saturated heterocycles. The highest BCUT2D eigenvalue weighted by Gasteiger charge is 2.16. The minimum absolute atomic E-state index is 0.0101. The summed E-state index contributed by atoms with van der Waals surface area (Å²) in [5.41, 5.74) is 4.25. The predicted molar refractivity (Wildman–Crippen MR) is 111 cm³/mol. The van der Waals surface area contributed by atoms with Crippen molar-refractivity contribution in [2.75, 3.05) is 18.9 Å². The Morgan fingerprint density at radius 1 is 1.11 bits per heavy atom. The highest BCUT2D eigenvalue weighted by Crippen LogP contribution is 2.22. The van der Waals surface area contributed by atoms with Crippen molar-refractivity contribution >= 4 is 28.8 Å². The van der Waals surface area contributed by atoms with Crippen LogP contribution >= 0.6 is 11.3 Å². The number of nitrogens with one attached hydrogen (secondary N) is 1. The first-order chi connectivity index (χ1) is 13.4. The number of hydrogen-bond acceptors (Lipinski definition) is 5. The molecule has 0 unspecified atom stereocenters. The lowest BCUT2D eigenvalue weighted by Gasteiger charge is -2.17. The molecule has 0 saturated carbocycles. The first-order valence-electron chi connectivity index (χ1n) is 8.90. The number of hydrogen-bond donors (Lipinski definition) is 1. The van der Waals surface area contributed by atoms with Crippen LogP contribution in [0.2, 0.25) is 0 Å². The van der Waals surface area contributed by atoms with E-state index in [0.29, 0.717) is 5.69 Å². The van der Waals surface area contributed by atoms with Gasteiger partial charge in [0, 0.05) is 24.3 Å². The molecule has 144 valence electrons. The number of anilines is 1. The fraction of sp³-hybridized carbons (Fsp3) is 0.238. The van der Waals surface area contributed by atoms with Gasteiger partial charge < -0.3 is 10.2 Å². The Morgan fingerprint density at radius 3 is 2.54 bits per heavy atom. The molecule has 28 heavy (non-hydrogen) atoms. The van der Waals surface area contributed by atoms with Crippen LogP contribution in [0.5, 0.6) is 0 Å². The van der Waals surface area contributed by atoms with Gasteiger partial charge in [-0.15, -0.1) is 11.3 Å². The number of pyridine rings is 1. The molecule has 0 atom stereocenters. The molecule has 0 bridgehead atoms. The van der Waals surface area contributed by atoms with E-state index in [-0.39, 0.29) is 24.8 Å². The van der Waals surface area contributed by atoms with E-state index < -0.39 is 0 Å². The molecule has 0 aliphatic heterocycles. The summed E-state index contributed by atoms with van der Waals surface area (Å²) >= 11 is 1.45. The van der Waals surface area contributed by atoms with Gasteiger partial charge in [0.2, 0.25) is 11.8 Å². The van der Waals surface area contributed by atoms with Crippen LogP contribution in [0.4, 0.5) is 5.69 Å². The Balaban J connectivity index is 1.57. The van der Waals surface area contributed by atoms with Gasteiger partial charge in [-0.25, -0.2) is 4.98 Å². The summed E-state index contributed by atoms with van der Waals surface area (Å²) in [5, 5.41) is 5.53. The third-order valence-corrected chi connectivity index (χ3v) is 5.23. The number of aryl methyl sites for hydroxylation is 2. The van der Waals surface area contributed by atoms with Gasteiger partial charge in [-0.3, -0.25) is 14.6 Å². The summed E-state index contributed by atoms with van der Waals surface area (Å²) in [4.78, 5) is 35.0. The van der Waals surface area contributed by atoms with Gasteiger partial charge in [0.25, 0.3) is 0 Å². The van der Waals surface area contributed by atoms with Crippen molar-refractivity contribution in [3.63, 3.8) is 0 Å². The van der Waals surface area contributed by atoms with Crippen LogP contribution in [-0.2, 0) is 16.0 Å². The van der Waals surface area contributed by atoms with Crippen molar-refractivity contribution < 1.29 is 9.59 Å². The Hall–Kier alpha value is -3.06. The molecule has 2 amide bonds. The van der Waals surface area contributed by atoms with Crippen LogP contribution in [0, 0.1) is 13.8 Å². The number of carbonyl (C=O) groups is 2. The number of benzene rings is 1. The first-order valence-corrected chi connectivity index (χ1v) is 9.78. The second-order valence-corrected chi connectivity index (χ2v) is 7.46. The van der Waals surface area contributed by atoms with Crippen molar-refractivity contribution in [3.05, 3.63) is 64.8 Å². The average molecular weight is 395 g/mol. The van der Waals surface area contributed by atoms with Crippen molar-refractivity contribution in [2.45, 2.75) is 20.3 Å². The summed E-state index contributed by atoms with van der Waals surface area (Å²) in [6.45, 7) is 3.88. The van der Waals surface area contributed by atoms with Crippen LogP contribution in [0.25, 0.3) is 10.7 Å². The van der Waals surface area contributed by atoms with Gasteiger partial charge in [-0.1, -0.05) is 24.3 Å². The van der Waals surface area contributed by atoms with Gasteiger partial charge in [0.15, 0.2) is 0 Å². The molecule has 0 aliphatic carbocycles. The molecule has 6 nitrogen and oxygen atoms in total. The van der Waals surface area contributed by atoms with E-state index in [2.05, 4.69) is 15.3 Å². The maximum absolute atomic E-state index is 12.5. The van der Waals surface area contributed by atoms with E-state index in [1.54, 1.807) is 13.2 Å². The van der Waals surface area contributed by atoms with Gasteiger partial charge in [-0.05, 0) is 37.1 Å². The SMILES string of the molecule is Cc1cccc(C)c1NC(=O)CN(C)C(=O)Cc1csc(-c2ccccn2)n1. The van der Waals surface area contributed by atoms with Crippen LogP contribution in [0.15, 0.2) is 48.0 Å². The van der Waals surface area contributed by atoms with Crippen LogP contribution in [0.1, 0.15) is 16.8 Å². The minimum atomic E-state index is -0.222. The zero-order valence-electron chi connectivity index (χ0n) is 16.1. The van der Waals surface area contributed by atoms with Crippen LogP contribution in [-0.4, -0.2) is 40.3 Å². The van der Waals surface area contributed by atoms with Gasteiger partial charge >= 0.3 is 0 Å². The lowest BCUT2D eigenvalue weighted by Crippen LogP contribution is -2.36. The number of thiazole rings is 1. The Morgan fingerprint density at radius 2 is 1.86 bits per heavy atom. The predicted octanol–water partition coefficient (Wildman–Crippen LogP) is 3.46. The number of carbonyl (C=O) groups excluding carboxylic acids is 2. The Labute approximate surface area is 168 Å². The molecule has 2 heterocycles. The third-order valence-electron chi connectivity index (χ3n) is 4.32. The van der Waals surface area contributed by atoms with Crippen LogP contribution in [0.3, 0.4) is 0 Å². The number of rotatable bonds is 6. The fourth-order valence-electron chi connectivity index (χ4n) is 2.78. The smallest absolute Gasteiger partial charge is 0.243 e. The number of likely N-dealkylation sites (N-methyl/N-ethyl adjacent to an activating group) is 1. The number of nitrogens with zero attached hydrogens (tertiary/aromatic N) is 3. The highest BCUT2D eigenvalue weighted by molar-refractivity contribution is 7.13. The molecule has 0 spiro atoms. The molecule has 1 N–H and O–H groups in total. The molecular formula is C21H22N4O2S. The summed E-state index contributed by atoms with van der Waals surface area (Å²) < 4.78 is 0. The molecule has 3 rings (SSSR count). The van der Waals surface area contributed by atoms with E-state index in [4.69, 9.17) is 0 Å². The molecule has 0 radical (unpaired) electrons. The van der Waals surface area contributed by atoms with Crippen molar-refractivity contribution in [1.82, 2.24) is 14.9 Å². The second-order valence-electron chi connectivity index (χ2n) is 6.60. The van der Waals surface area contributed by atoms with E-state index in [1.807, 2.05) is 55.6 Å². The minimum Gasteiger partial charge on any atom is -0.336 e. The molecule has 2 aromatic heterocycles. The quantitative estimate of drug-likeness (QED) is 0.695. The largest absolute Gasteiger partial charge is 0.336 e. The first kappa shape index (κ1) is 19.7. The molecule has 0 fully saturated rings. The average Bonchev–Trinajstić information content (AvgIpc) is 3.14. The third kappa shape index (κ3) is 4.80. The van der Waals surface area contributed by atoms with Crippen molar-refractivity contribution in [2.24, 2.45) is 0 Å². The molecule has 0 aliphatic rings. The summed E-state index contributed by atoms with van der Waals surface area (Å²) in [7, 11) is 1.62. The lowest BCUT2D eigenvalue weighted by molar-refractivity contribution is -0.132. The number of amides is 2. The molecular weight excluding hydrogens is 372 g/mol. The fourth-order valence-corrected chi connectivity index (χ4v) is 3.57. The molecule has 1 aromatic carbocycles. The zero-order valence-corrected chi connectivity index (χ0v) is 16.9. The van der Waals surface area contributed by atoms with Crippen LogP contribution < -0.4 is 5.32 Å². The van der Waals surface area contributed by atoms with E-state index >= 15 is 0 Å². The van der Waals surface area contributed by atoms with Gasteiger partial charge in [-0.2, -0.15) is 0 Å². The zero-order chi connectivity index (χ0) is 20.1. The van der Waals surface area contributed by atoms with E-state index in [1.165, 1.54) is 16.2 Å². The van der Waals surface area contributed by atoms with Gasteiger partial charge in [0.05, 0.1) is 24.4 Å². The van der Waals surface area contributed by atoms with E-state index in [9.17, 15) is 9.59 Å². The van der Waals surface area contributed by atoms with E-state index in [0.717, 1.165) is 27.5 Å². The number of para-hydroxylation sites is 1. The maximum atomic E-state index is 12.5. The Bertz CT molecular complexity index is 965. The topological polar surface area (TPSA) is 75.2 Å². The standard InChI is InChI=1S/C21H22N4O2S/c1-14-7-6-8-15(2)20(14)24-18(26)12-25(3)19(27)11-16-13-28-21(23-16)17-9-4-5-10-22-17/h4-10,13H,11-12H2,1-3H3,(H,24,26). The molecule has 3 aromatic rings. The normalized spacial score (nSPS) is 10.5. The van der Waals surface area contributed by atoms with Crippen molar-refractivity contribution in [3.8, 4) is 10.7 Å². The Kier molecular flexibility index (Phi) is 6.16. The highest BCUT2D eigenvalue weighted by atomic mass is 32.1. The molecule has 7 heteroatoms. The lowest BCUT2D eigenvalue weighted by atomic mass is 10.1.